The van der Waals surface area contributed by atoms with Gasteiger partial charge in [0.05, 0.1) is 7.11 Å². The predicted molar refractivity (Wildman–Crippen MR) is 69.0 cm³/mol. The molecule has 2 aromatic carbocycles. The first kappa shape index (κ1) is 15.3. The standard InChI is InChI=1S/C14H9BF5O/c1-6-3-4-7(16)10(12(6)19)15-11-13(20)8(17)5-9(18)14(11)21-2/h3-5H,1-2H3. The quantitative estimate of drug-likeness (QED) is 0.480. The third-order valence-electron chi connectivity index (χ3n) is 2.97. The van der Waals surface area contributed by atoms with Crippen molar-refractivity contribution < 1.29 is 26.7 Å². The molecule has 21 heavy (non-hydrogen) atoms. The van der Waals surface area contributed by atoms with Crippen LogP contribution < -0.4 is 15.7 Å². The number of aryl methyl sites for hydroxylation is 1. The molecule has 0 saturated carbocycles. The maximum atomic E-state index is 13.9. The van der Waals surface area contributed by atoms with E-state index in [9.17, 15) is 22.0 Å². The molecule has 1 nitrogen and oxygen atoms in total. The molecular weight excluding hydrogens is 290 g/mol. The predicted octanol–water partition coefficient (Wildman–Crippen LogP) is 2.35. The van der Waals surface area contributed by atoms with E-state index in [-0.39, 0.29) is 5.56 Å². The maximum absolute atomic E-state index is 13.9. The lowest BCUT2D eigenvalue weighted by molar-refractivity contribution is 0.381. The minimum Gasteiger partial charge on any atom is -0.494 e. The lowest BCUT2D eigenvalue weighted by Crippen LogP contribution is -2.36. The summed E-state index contributed by atoms with van der Waals surface area (Å²) in [6, 6.07) is 2.47. The third kappa shape index (κ3) is 2.72. The number of methoxy groups -OCH3 is 1. The highest BCUT2D eigenvalue weighted by molar-refractivity contribution is 6.68. The van der Waals surface area contributed by atoms with E-state index in [1.54, 1.807) is 0 Å². The second kappa shape index (κ2) is 5.75. The van der Waals surface area contributed by atoms with Gasteiger partial charge in [0.1, 0.15) is 11.6 Å². The van der Waals surface area contributed by atoms with Gasteiger partial charge in [0.2, 0.25) is 7.28 Å². The monoisotopic (exact) mass is 299 g/mol. The molecule has 2 rings (SSSR count). The van der Waals surface area contributed by atoms with Gasteiger partial charge in [-0.05, 0) is 24.0 Å². The molecule has 0 heterocycles. The van der Waals surface area contributed by atoms with Crippen LogP contribution in [0.5, 0.6) is 5.75 Å². The molecule has 0 aliphatic heterocycles. The van der Waals surface area contributed by atoms with E-state index in [2.05, 4.69) is 4.74 Å². The minimum atomic E-state index is -1.48. The van der Waals surface area contributed by atoms with Crippen LogP contribution in [0.4, 0.5) is 22.0 Å². The minimum absolute atomic E-state index is 0.110. The summed E-state index contributed by atoms with van der Waals surface area (Å²) in [4.78, 5) is 0. The van der Waals surface area contributed by atoms with Crippen LogP contribution in [-0.2, 0) is 0 Å². The van der Waals surface area contributed by atoms with Gasteiger partial charge in [0.25, 0.3) is 0 Å². The van der Waals surface area contributed by atoms with Crippen LogP contribution >= 0.6 is 0 Å². The van der Waals surface area contributed by atoms with E-state index < -0.39 is 45.8 Å². The van der Waals surface area contributed by atoms with Gasteiger partial charge in [-0.15, -0.1) is 0 Å². The maximum Gasteiger partial charge on any atom is 0.208 e. The molecule has 0 saturated heterocycles. The fourth-order valence-corrected chi connectivity index (χ4v) is 1.89. The van der Waals surface area contributed by atoms with E-state index in [1.165, 1.54) is 13.0 Å². The molecule has 0 aliphatic carbocycles. The average molecular weight is 299 g/mol. The lowest BCUT2D eigenvalue weighted by atomic mass is 9.62. The fourth-order valence-electron chi connectivity index (χ4n) is 1.89. The Morgan fingerprint density at radius 2 is 1.52 bits per heavy atom. The zero-order chi connectivity index (χ0) is 15.7. The Morgan fingerprint density at radius 1 is 0.857 bits per heavy atom. The van der Waals surface area contributed by atoms with E-state index in [0.29, 0.717) is 13.3 Å². The van der Waals surface area contributed by atoms with Crippen molar-refractivity contribution in [2.75, 3.05) is 7.11 Å². The molecule has 2 aromatic rings. The van der Waals surface area contributed by atoms with Crippen molar-refractivity contribution >= 4 is 18.2 Å². The van der Waals surface area contributed by atoms with E-state index in [1.807, 2.05) is 0 Å². The van der Waals surface area contributed by atoms with Crippen LogP contribution in [0, 0.1) is 36.0 Å². The number of hydrogen-bond donors (Lipinski definition) is 0. The zero-order valence-electron chi connectivity index (χ0n) is 11.1. The Bertz CT molecular complexity index is 702. The van der Waals surface area contributed by atoms with E-state index in [0.717, 1.165) is 13.2 Å². The summed E-state index contributed by atoms with van der Waals surface area (Å²) in [6.07, 6.45) is 0. The molecule has 0 fully saturated rings. The number of rotatable bonds is 3. The summed E-state index contributed by atoms with van der Waals surface area (Å²) in [5.41, 5.74) is -1.19. The van der Waals surface area contributed by atoms with Gasteiger partial charge in [0.15, 0.2) is 23.2 Å². The molecule has 0 bridgehead atoms. The SMILES string of the molecule is COc1c(F)cc(F)c(F)c1[B]c1c(F)ccc(C)c1F. The van der Waals surface area contributed by atoms with Crippen LogP contribution in [0.25, 0.3) is 0 Å². The number of halogens is 5. The van der Waals surface area contributed by atoms with Gasteiger partial charge >= 0.3 is 0 Å². The van der Waals surface area contributed by atoms with Crippen molar-refractivity contribution in [2.24, 2.45) is 0 Å². The molecule has 1 radical (unpaired) electrons. The smallest absolute Gasteiger partial charge is 0.208 e. The Labute approximate surface area is 118 Å². The summed E-state index contributed by atoms with van der Waals surface area (Å²) >= 11 is 0. The first-order chi connectivity index (χ1) is 9.86. The van der Waals surface area contributed by atoms with Crippen LogP contribution in [0.3, 0.4) is 0 Å². The van der Waals surface area contributed by atoms with Crippen molar-refractivity contribution in [3.05, 3.63) is 52.8 Å². The van der Waals surface area contributed by atoms with Gasteiger partial charge in [-0.25, -0.2) is 22.0 Å². The molecule has 0 spiro atoms. The molecule has 0 atom stereocenters. The highest BCUT2D eigenvalue weighted by atomic mass is 19.2. The topological polar surface area (TPSA) is 9.23 Å². The van der Waals surface area contributed by atoms with Crippen LogP contribution in [0.15, 0.2) is 18.2 Å². The van der Waals surface area contributed by atoms with Crippen molar-refractivity contribution in [3.8, 4) is 5.75 Å². The zero-order valence-corrected chi connectivity index (χ0v) is 11.1. The fraction of sp³-hybridized carbons (Fsp3) is 0.143. The summed E-state index contributed by atoms with van der Waals surface area (Å²) in [6.45, 7) is 1.38. The Hall–Kier alpha value is -2.05. The molecule has 7 heteroatoms. The summed E-state index contributed by atoms with van der Waals surface area (Å²) in [7, 11) is 1.72. The third-order valence-corrected chi connectivity index (χ3v) is 2.97. The van der Waals surface area contributed by atoms with Crippen LogP contribution in [0.1, 0.15) is 5.56 Å². The first-order valence-corrected chi connectivity index (χ1v) is 5.87. The summed E-state index contributed by atoms with van der Waals surface area (Å²) in [5, 5.41) is 0. The molecule has 0 N–H and O–H groups in total. The van der Waals surface area contributed by atoms with Gasteiger partial charge in [-0.2, -0.15) is 0 Å². The van der Waals surface area contributed by atoms with E-state index >= 15 is 0 Å². The second-order valence-corrected chi connectivity index (χ2v) is 4.34. The van der Waals surface area contributed by atoms with Crippen molar-refractivity contribution in [2.45, 2.75) is 6.92 Å². The van der Waals surface area contributed by atoms with Crippen LogP contribution in [0.2, 0.25) is 0 Å². The normalized spacial score (nSPS) is 10.6. The highest BCUT2D eigenvalue weighted by Gasteiger charge is 2.23. The molecule has 0 aromatic heterocycles. The Morgan fingerprint density at radius 3 is 2.14 bits per heavy atom. The molecular formula is C14H9BF5O. The molecule has 109 valence electrons. The van der Waals surface area contributed by atoms with Gasteiger partial charge in [0, 0.05) is 11.5 Å². The molecule has 0 unspecified atom stereocenters. The number of ether oxygens (including phenoxy) is 1. The highest BCUT2D eigenvalue weighted by Crippen LogP contribution is 2.18. The van der Waals surface area contributed by atoms with Crippen molar-refractivity contribution in [1.82, 2.24) is 0 Å². The Balaban J connectivity index is 2.62. The number of benzene rings is 2. The number of hydrogen-bond acceptors (Lipinski definition) is 1. The van der Waals surface area contributed by atoms with Gasteiger partial charge < -0.3 is 4.74 Å². The van der Waals surface area contributed by atoms with Gasteiger partial charge in [-0.3, -0.25) is 0 Å². The molecule has 0 amide bonds. The summed E-state index contributed by atoms with van der Waals surface area (Å²) in [5.74, 6) is -6.66. The summed E-state index contributed by atoms with van der Waals surface area (Å²) < 4.78 is 72.8. The largest absolute Gasteiger partial charge is 0.494 e. The average Bonchev–Trinajstić information content (AvgIpc) is 2.44. The first-order valence-electron chi connectivity index (χ1n) is 5.87. The van der Waals surface area contributed by atoms with Crippen molar-refractivity contribution in [1.29, 1.82) is 0 Å². The van der Waals surface area contributed by atoms with Gasteiger partial charge in [-0.1, -0.05) is 6.07 Å². The second-order valence-electron chi connectivity index (χ2n) is 4.34. The Kier molecular flexibility index (Phi) is 4.20. The van der Waals surface area contributed by atoms with Crippen molar-refractivity contribution in [3.63, 3.8) is 0 Å². The van der Waals surface area contributed by atoms with E-state index in [4.69, 9.17) is 0 Å². The van der Waals surface area contributed by atoms with Crippen LogP contribution in [-0.4, -0.2) is 14.4 Å². The molecule has 0 aliphatic rings. The lowest BCUT2D eigenvalue weighted by Gasteiger charge is -2.12.